The molecule has 1 heterocycles. The van der Waals surface area contributed by atoms with Crippen LogP contribution in [-0.2, 0) is 0 Å². The first-order valence-electron chi connectivity index (χ1n) is 5.90. The van der Waals surface area contributed by atoms with Crippen LogP contribution >= 0.6 is 11.6 Å². The van der Waals surface area contributed by atoms with E-state index in [4.69, 9.17) is 11.6 Å². The lowest BCUT2D eigenvalue weighted by Gasteiger charge is -2.09. The molecule has 0 amide bonds. The van der Waals surface area contributed by atoms with Crippen molar-refractivity contribution < 1.29 is 4.39 Å². The van der Waals surface area contributed by atoms with Crippen molar-refractivity contribution in [3.05, 3.63) is 40.8 Å². The molecule has 0 spiro atoms. The number of nitrogens with zero attached hydrogens (tertiary/aromatic N) is 2. The Kier molecular flexibility index (Phi) is 4.16. The number of aryl methyl sites for hydroxylation is 1. The summed E-state index contributed by atoms with van der Waals surface area (Å²) in [4.78, 5) is 8.52. The van der Waals surface area contributed by atoms with E-state index < -0.39 is 5.82 Å². The summed E-state index contributed by atoms with van der Waals surface area (Å²) in [6.07, 6.45) is 0. The Morgan fingerprint density at radius 2 is 2.05 bits per heavy atom. The van der Waals surface area contributed by atoms with Gasteiger partial charge in [0.25, 0.3) is 0 Å². The highest BCUT2D eigenvalue weighted by molar-refractivity contribution is 6.30. The van der Waals surface area contributed by atoms with E-state index in [0.29, 0.717) is 17.5 Å². The summed E-state index contributed by atoms with van der Waals surface area (Å²) in [6, 6.07) is 6.30. The van der Waals surface area contributed by atoms with Crippen LogP contribution in [0.2, 0.25) is 5.02 Å². The molecule has 19 heavy (non-hydrogen) atoms. The van der Waals surface area contributed by atoms with Crippen LogP contribution in [0.4, 0.5) is 21.8 Å². The van der Waals surface area contributed by atoms with Crippen molar-refractivity contribution in [2.45, 2.75) is 13.8 Å². The fourth-order valence-corrected chi connectivity index (χ4v) is 1.71. The molecule has 0 radical (unpaired) electrons. The Morgan fingerprint density at radius 3 is 2.74 bits per heavy atom. The highest BCUT2D eigenvalue weighted by Crippen LogP contribution is 2.22. The van der Waals surface area contributed by atoms with Crippen LogP contribution in [0.15, 0.2) is 24.3 Å². The number of halogens is 2. The molecule has 0 saturated heterocycles. The van der Waals surface area contributed by atoms with Gasteiger partial charge in [-0.25, -0.2) is 9.37 Å². The van der Waals surface area contributed by atoms with Crippen LogP contribution < -0.4 is 10.6 Å². The van der Waals surface area contributed by atoms with Crippen LogP contribution in [0.25, 0.3) is 0 Å². The van der Waals surface area contributed by atoms with Crippen molar-refractivity contribution in [1.29, 1.82) is 0 Å². The Morgan fingerprint density at radius 1 is 1.26 bits per heavy atom. The van der Waals surface area contributed by atoms with Crippen LogP contribution in [0.1, 0.15) is 12.6 Å². The lowest BCUT2D eigenvalue weighted by molar-refractivity contribution is 0.629. The second kappa shape index (κ2) is 5.84. The minimum atomic E-state index is -0.468. The van der Waals surface area contributed by atoms with Crippen molar-refractivity contribution in [2.75, 3.05) is 17.2 Å². The monoisotopic (exact) mass is 280 g/mol. The molecule has 0 aliphatic heterocycles. The second-order valence-electron chi connectivity index (χ2n) is 4.00. The van der Waals surface area contributed by atoms with Crippen LogP contribution in [0.3, 0.4) is 0 Å². The van der Waals surface area contributed by atoms with Crippen LogP contribution in [0.5, 0.6) is 0 Å². The first kappa shape index (κ1) is 13.5. The predicted molar refractivity (Wildman–Crippen MR) is 75.6 cm³/mol. The molecular formula is C13H14ClFN4. The Hall–Kier alpha value is -1.88. The van der Waals surface area contributed by atoms with Gasteiger partial charge in [-0.1, -0.05) is 11.6 Å². The maximum absolute atomic E-state index is 13.3. The van der Waals surface area contributed by atoms with Gasteiger partial charge in [-0.15, -0.1) is 0 Å². The molecule has 0 aliphatic rings. The third kappa shape index (κ3) is 3.54. The first-order valence-corrected chi connectivity index (χ1v) is 6.28. The van der Waals surface area contributed by atoms with Gasteiger partial charge in [0.05, 0.1) is 5.02 Å². The Labute approximate surface area is 116 Å². The van der Waals surface area contributed by atoms with E-state index in [2.05, 4.69) is 20.6 Å². The zero-order chi connectivity index (χ0) is 13.8. The van der Waals surface area contributed by atoms with Crippen molar-refractivity contribution in [1.82, 2.24) is 9.97 Å². The topological polar surface area (TPSA) is 49.8 Å². The number of hydrogen-bond donors (Lipinski definition) is 2. The largest absolute Gasteiger partial charge is 0.354 e. The fourth-order valence-electron chi connectivity index (χ4n) is 1.59. The minimum absolute atomic E-state index is 0.0951. The van der Waals surface area contributed by atoms with Gasteiger partial charge >= 0.3 is 0 Å². The molecule has 4 nitrogen and oxygen atoms in total. The summed E-state index contributed by atoms with van der Waals surface area (Å²) >= 11 is 5.64. The summed E-state index contributed by atoms with van der Waals surface area (Å²) in [6.45, 7) is 4.57. The zero-order valence-electron chi connectivity index (χ0n) is 10.7. The Balaban J connectivity index is 2.24. The van der Waals surface area contributed by atoms with Gasteiger partial charge in [-0.05, 0) is 32.0 Å². The molecule has 2 rings (SSSR count). The summed E-state index contributed by atoms with van der Waals surface area (Å²) in [5, 5.41) is 6.15. The molecule has 2 N–H and O–H groups in total. The van der Waals surface area contributed by atoms with Gasteiger partial charge in [0, 0.05) is 24.0 Å². The molecule has 0 aliphatic carbocycles. The van der Waals surface area contributed by atoms with Crippen molar-refractivity contribution >= 4 is 29.1 Å². The highest BCUT2D eigenvalue weighted by Gasteiger charge is 2.04. The van der Waals surface area contributed by atoms with Gasteiger partial charge < -0.3 is 10.6 Å². The molecule has 2 aromatic rings. The van der Waals surface area contributed by atoms with E-state index in [1.165, 1.54) is 12.1 Å². The molecular weight excluding hydrogens is 267 g/mol. The van der Waals surface area contributed by atoms with Crippen LogP contribution in [-0.4, -0.2) is 16.5 Å². The SMILES string of the molecule is CCNc1nc(C)cc(Nc2ccc(Cl)c(F)c2)n1. The van der Waals surface area contributed by atoms with Gasteiger partial charge in [0.2, 0.25) is 5.95 Å². The maximum Gasteiger partial charge on any atom is 0.224 e. The number of benzene rings is 1. The van der Waals surface area contributed by atoms with Gasteiger partial charge in [0.15, 0.2) is 0 Å². The van der Waals surface area contributed by atoms with Crippen LogP contribution in [0, 0.1) is 12.7 Å². The van der Waals surface area contributed by atoms with Gasteiger partial charge in [-0.3, -0.25) is 0 Å². The standard InChI is InChI=1S/C13H14ClFN4/c1-3-16-13-17-8(2)6-12(19-13)18-9-4-5-10(14)11(15)7-9/h4-7H,3H2,1-2H3,(H2,16,17,18,19). The number of anilines is 3. The molecule has 0 unspecified atom stereocenters. The zero-order valence-corrected chi connectivity index (χ0v) is 11.4. The van der Waals surface area contributed by atoms with E-state index in [-0.39, 0.29) is 5.02 Å². The van der Waals surface area contributed by atoms with Crippen molar-refractivity contribution in [2.24, 2.45) is 0 Å². The smallest absolute Gasteiger partial charge is 0.224 e. The summed E-state index contributed by atoms with van der Waals surface area (Å²) in [5.41, 5.74) is 1.41. The molecule has 1 aromatic carbocycles. The Bertz CT molecular complexity index is 589. The highest BCUT2D eigenvalue weighted by atomic mass is 35.5. The van der Waals surface area contributed by atoms with E-state index in [0.717, 1.165) is 12.2 Å². The molecule has 0 fully saturated rings. The molecule has 1 aromatic heterocycles. The molecule has 0 bridgehead atoms. The van der Waals surface area contributed by atoms with E-state index >= 15 is 0 Å². The molecule has 6 heteroatoms. The quantitative estimate of drug-likeness (QED) is 0.895. The number of nitrogens with one attached hydrogen (secondary N) is 2. The summed E-state index contributed by atoms with van der Waals surface area (Å²) < 4.78 is 13.3. The van der Waals surface area contributed by atoms with E-state index in [1.54, 1.807) is 12.1 Å². The molecule has 0 atom stereocenters. The maximum atomic E-state index is 13.3. The number of aromatic nitrogens is 2. The second-order valence-corrected chi connectivity index (χ2v) is 4.41. The first-order chi connectivity index (χ1) is 9.08. The third-order valence-corrected chi connectivity index (χ3v) is 2.69. The lowest BCUT2D eigenvalue weighted by atomic mass is 10.3. The third-order valence-electron chi connectivity index (χ3n) is 2.38. The minimum Gasteiger partial charge on any atom is -0.354 e. The average Bonchev–Trinajstić information content (AvgIpc) is 2.33. The predicted octanol–water partition coefficient (Wildman–Crippen LogP) is 3.75. The number of hydrogen-bond acceptors (Lipinski definition) is 4. The van der Waals surface area contributed by atoms with E-state index in [9.17, 15) is 4.39 Å². The summed E-state index contributed by atoms with van der Waals surface area (Å²) in [7, 11) is 0. The summed E-state index contributed by atoms with van der Waals surface area (Å²) in [5.74, 6) is 0.675. The number of rotatable bonds is 4. The molecule has 100 valence electrons. The van der Waals surface area contributed by atoms with Gasteiger partial charge in [0.1, 0.15) is 11.6 Å². The van der Waals surface area contributed by atoms with Crippen molar-refractivity contribution in [3.8, 4) is 0 Å². The average molecular weight is 281 g/mol. The van der Waals surface area contributed by atoms with Crippen molar-refractivity contribution in [3.63, 3.8) is 0 Å². The van der Waals surface area contributed by atoms with E-state index in [1.807, 2.05) is 13.8 Å². The fraction of sp³-hybridized carbons (Fsp3) is 0.231. The van der Waals surface area contributed by atoms with Gasteiger partial charge in [-0.2, -0.15) is 4.98 Å². The normalized spacial score (nSPS) is 10.3. The lowest BCUT2D eigenvalue weighted by Crippen LogP contribution is -2.05. The molecule has 0 saturated carbocycles.